The van der Waals surface area contributed by atoms with Crippen LogP contribution in [0.25, 0.3) is 0 Å². The Kier molecular flexibility index (Phi) is 7.68. The second-order valence-corrected chi connectivity index (χ2v) is 7.72. The minimum Gasteiger partial charge on any atom is -0.497 e. The van der Waals surface area contributed by atoms with Crippen LogP contribution in [0, 0.1) is 0 Å². The number of imide groups is 1. The first kappa shape index (κ1) is 20.6. The number of methoxy groups -OCH3 is 1. The van der Waals surface area contributed by atoms with E-state index in [4.69, 9.17) is 4.74 Å². The summed E-state index contributed by atoms with van der Waals surface area (Å²) in [6.07, 6.45) is 5.34. The highest BCUT2D eigenvalue weighted by atomic mass is 16.5. The Hall–Kier alpha value is -2.12. The van der Waals surface area contributed by atoms with Gasteiger partial charge in [-0.2, -0.15) is 0 Å². The zero-order valence-electron chi connectivity index (χ0n) is 16.8. The minimum atomic E-state index is -0.352. The Bertz CT molecular complexity index is 636. The van der Waals surface area contributed by atoms with E-state index in [-0.39, 0.29) is 24.5 Å². The molecule has 2 N–H and O–H groups in total. The van der Waals surface area contributed by atoms with E-state index in [1.165, 1.54) is 5.56 Å². The van der Waals surface area contributed by atoms with Gasteiger partial charge in [-0.05, 0) is 37.0 Å². The molecule has 28 heavy (non-hydrogen) atoms. The number of nitrogens with zero attached hydrogens (tertiary/aromatic N) is 2. The number of carbonyl (C=O) groups is 2. The third-order valence-electron chi connectivity index (χ3n) is 5.65. The summed E-state index contributed by atoms with van der Waals surface area (Å²) in [5.74, 6) is 0.662. The van der Waals surface area contributed by atoms with Crippen LogP contribution in [0.4, 0.5) is 4.79 Å². The molecule has 1 aliphatic heterocycles. The molecule has 1 saturated heterocycles. The van der Waals surface area contributed by atoms with Gasteiger partial charge in [-0.15, -0.1) is 0 Å². The second-order valence-electron chi connectivity index (χ2n) is 7.72. The number of piperazine rings is 1. The van der Waals surface area contributed by atoms with Crippen LogP contribution in [0.5, 0.6) is 5.75 Å². The minimum absolute atomic E-state index is 0.220. The fourth-order valence-corrected chi connectivity index (χ4v) is 3.91. The summed E-state index contributed by atoms with van der Waals surface area (Å²) in [4.78, 5) is 28.5. The lowest BCUT2D eigenvalue weighted by molar-refractivity contribution is -0.121. The predicted molar refractivity (Wildman–Crippen MR) is 109 cm³/mol. The smallest absolute Gasteiger partial charge is 0.321 e. The maximum absolute atomic E-state index is 12.1. The number of ether oxygens (including phenoxy) is 1. The zero-order chi connectivity index (χ0) is 19.8. The molecule has 2 aliphatic rings. The second kappa shape index (κ2) is 10.4. The van der Waals surface area contributed by atoms with Crippen LogP contribution < -0.4 is 15.4 Å². The number of rotatable bonds is 7. The highest BCUT2D eigenvalue weighted by Crippen LogP contribution is 2.17. The number of urea groups is 1. The van der Waals surface area contributed by atoms with Crippen LogP contribution in [0.1, 0.15) is 31.2 Å². The van der Waals surface area contributed by atoms with E-state index < -0.39 is 0 Å². The van der Waals surface area contributed by atoms with Crippen LogP contribution in [-0.2, 0) is 11.2 Å². The summed E-state index contributed by atoms with van der Waals surface area (Å²) >= 11 is 0. The first-order chi connectivity index (χ1) is 13.6. The average Bonchev–Trinajstić information content (AvgIpc) is 3.20. The molecule has 0 bridgehead atoms. The van der Waals surface area contributed by atoms with Crippen LogP contribution in [0.3, 0.4) is 0 Å². The molecule has 1 saturated carbocycles. The third-order valence-corrected chi connectivity index (χ3v) is 5.65. The van der Waals surface area contributed by atoms with Crippen molar-refractivity contribution < 1.29 is 14.3 Å². The fourth-order valence-electron chi connectivity index (χ4n) is 3.91. The Balaban J connectivity index is 1.30. The summed E-state index contributed by atoms with van der Waals surface area (Å²) in [5, 5.41) is 5.35. The van der Waals surface area contributed by atoms with Crippen molar-refractivity contribution >= 4 is 11.9 Å². The van der Waals surface area contributed by atoms with Gasteiger partial charge in [0.1, 0.15) is 5.75 Å². The van der Waals surface area contributed by atoms with E-state index in [1.807, 2.05) is 12.1 Å². The van der Waals surface area contributed by atoms with Gasteiger partial charge in [0.25, 0.3) is 0 Å². The van der Waals surface area contributed by atoms with Crippen molar-refractivity contribution in [3.8, 4) is 5.75 Å². The molecular weight excluding hydrogens is 356 g/mol. The number of benzene rings is 1. The number of hydrogen-bond donors (Lipinski definition) is 2. The molecule has 7 heteroatoms. The third kappa shape index (κ3) is 6.49. The summed E-state index contributed by atoms with van der Waals surface area (Å²) in [5.41, 5.74) is 1.30. The van der Waals surface area contributed by atoms with Gasteiger partial charge in [-0.3, -0.25) is 15.0 Å². The standard InChI is InChI=1S/C21H32N4O3/c1-28-19-8-6-17(7-9-19)10-11-24-12-14-25(15-13-24)16-20(26)23-21(27)22-18-4-2-3-5-18/h6-9,18H,2-5,10-16H2,1H3,(H2,22,23,26,27). The van der Waals surface area contributed by atoms with Gasteiger partial charge in [-0.25, -0.2) is 4.79 Å². The van der Waals surface area contributed by atoms with Gasteiger partial charge >= 0.3 is 6.03 Å². The number of carbonyl (C=O) groups excluding carboxylic acids is 2. The molecule has 2 fully saturated rings. The Morgan fingerprint density at radius 1 is 1.04 bits per heavy atom. The van der Waals surface area contributed by atoms with Crippen molar-refractivity contribution in [1.29, 1.82) is 0 Å². The van der Waals surface area contributed by atoms with Crippen LogP contribution >= 0.6 is 0 Å². The molecule has 1 aromatic carbocycles. The zero-order valence-corrected chi connectivity index (χ0v) is 16.8. The van der Waals surface area contributed by atoms with E-state index in [9.17, 15) is 9.59 Å². The number of amides is 3. The fraction of sp³-hybridized carbons (Fsp3) is 0.619. The highest BCUT2D eigenvalue weighted by Gasteiger charge is 2.21. The lowest BCUT2D eigenvalue weighted by Crippen LogP contribution is -2.51. The Morgan fingerprint density at radius 3 is 2.32 bits per heavy atom. The van der Waals surface area contributed by atoms with Crippen molar-refractivity contribution in [3.05, 3.63) is 29.8 Å². The van der Waals surface area contributed by atoms with Gasteiger partial charge in [0.15, 0.2) is 0 Å². The predicted octanol–water partition coefficient (Wildman–Crippen LogP) is 1.62. The molecule has 0 radical (unpaired) electrons. The SMILES string of the molecule is COc1ccc(CCN2CCN(CC(=O)NC(=O)NC3CCCC3)CC2)cc1. The number of nitrogens with one attached hydrogen (secondary N) is 2. The molecule has 1 aliphatic carbocycles. The van der Waals surface area contributed by atoms with Gasteiger partial charge in [0.05, 0.1) is 13.7 Å². The monoisotopic (exact) mass is 388 g/mol. The molecule has 0 aromatic heterocycles. The quantitative estimate of drug-likeness (QED) is 0.743. The van der Waals surface area contributed by atoms with Crippen LogP contribution in [-0.4, -0.2) is 74.2 Å². The summed E-state index contributed by atoms with van der Waals surface area (Å²) in [6.45, 7) is 4.87. The van der Waals surface area contributed by atoms with Gasteiger partial charge in [0.2, 0.25) is 5.91 Å². The van der Waals surface area contributed by atoms with Crippen LogP contribution in [0.2, 0.25) is 0 Å². The van der Waals surface area contributed by atoms with Gasteiger partial charge in [-0.1, -0.05) is 25.0 Å². The van der Waals surface area contributed by atoms with Crippen molar-refractivity contribution in [3.63, 3.8) is 0 Å². The summed E-state index contributed by atoms with van der Waals surface area (Å²) in [6, 6.07) is 8.08. The molecule has 0 spiro atoms. The molecular formula is C21H32N4O3. The average molecular weight is 389 g/mol. The molecule has 3 rings (SSSR count). The van der Waals surface area contributed by atoms with Crippen molar-refractivity contribution in [2.24, 2.45) is 0 Å². The molecule has 154 valence electrons. The highest BCUT2D eigenvalue weighted by molar-refractivity contribution is 5.95. The summed E-state index contributed by atoms with van der Waals surface area (Å²) in [7, 11) is 1.68. The van der Waals surface area contributed by atoms with E-state index in [1.54, 1.807) is 7.11 Å². The van der Waals surface area contributed by atoms with E-state index >= 15 is 0 Å². The lowest BCUT2D eigenvalue weighted by atomic mass is 10.1. The normalized spacial score (nSPS) is 18.8. The first-order valence-corrected chi connectivity index (χ1v) is 10.3. The van der Waals surface area contributed by atoms with E-state index in [0.717, 1.165) is 70.6 Å². The van der Waals surface area contributed by atoms with E-state index in [2.05, 4.69) is 32.6 Å². The maximum atomic E-state index is 12.1. The lowest BCUT2D eigenvalue weighted by Gasteiger charge is -2.34. The molecule has 3 amide bonds. The first-order valence-electron chi connectivity index (χ1n) is 10.3. The molecule has 1 aromatic rings. The van der Waals surface area contributed by atoms with Gasteiger partial charge in [0, 0.05) is 38.8 Å². The molecule has 1 heterocycles. The van der Waals surface area contributed by atoms with Crippen molar-refractivity contribution in [2.45, 2.75) is 38.1 Å². The van der Waals surface area contributed by atoms with Gasteiger partial charge < -0.3 is 15.0 Å². The number of hydrogen-bond acceptors (Lipinski definition) is 5. The van der Waals surface area contributed by atoms with Crippen LogP contribution in [0.15, 0.2) is 24.3 Å². The summed E-state index contributed by atoms with van der Waals surface area (Å²) < 4.78 is 5.19. The van der Waals surface area contributed by atoms with Crippen molar-refractivity contribution in [1.82, 2.24) is 20.4 Å². The Labute approximate surface area is 167 Å². The molecule has 7 nitrogen and oxygen atoms in total. The maximum Gasteiger partial charge on any atom is 0.321 e. The largest absolute Gasteiger partial charge is 0.497 e. The Morgan fingerprint density at radius 2 is 1.68 bits per heavy atom. The molecule has 0 atom stereocenters. The van der Waals surface area contributed by atoms with Crippen molar-refractivity contribution in [2.75, 3.05) is 46.4 Å². The topological polar surface area (TPSA) is 73.9 Å². The molecule has 0 unspecified atom stereocenters. The van der Waals surface area contributed by atoms with E-state index in [0.29, 0.717) is 0 Å².